The van der Waals surface area contributed by atoms with Crippen LogP contribution in [0, 0.1) is 0 Å². The Morgan fingerprint density at radius 2 is 1.86 bits per heavy atom. The highest BCUT2D eigenvalue weighted by Crippen LogP contribution is 2.41. The molecule has 9 nitrogen and oxygen atoms in total. The highest BCUT2D eigenvalue weighted by Gasteiger charge is 2.37. The number of fused-ring (bicyclic) bond motifs is 1. The molecule has 0 unspecified atom stereocenters. The molecule has 0 bridgehead atoms. The van der Waals surface area contributed by atoms with Gasteiger partial charge in [0.05, 0.1) is 31.6 Å². The molecule has 1 amide bonds. The van der Waals surface area contributed by atoms with Crippen LogP contribution in [0.4, 0.5) is 18.9 Å². The van der Waals surface area contributed by atoms with Gasteiger partial charge in [-0.3, -0.25) is 9.48 Å². The summed E-state index contributed by atoms with van der Waals surface area (Å²) in [6.45, 7) is 5.20. The van der Waals surface area contributed by atoms with Crippen molar-refractivity contribution >= 4 is 17.2 Å². The van der Waals surface area contributed by atoms with E-state index in [0.29, 0.717) is 47.2 Å². The molecule has 1 N–H and O–H groups in total. The van der Waals surface area contributed by atoms with Gasteiger partial charge in [0.1, 0.15) is 5.69 Å². The topological polar surface area (TPSA) is 95.6 Å². The number of hydrogen-bond donors (Lipinski definition) is 1. The fraction of sp³-hybridized carbons (Fsp3) is 0.360. The number of carbonyl (C=O) groups is 1. The van der Waals surface area contributed by atoms with E-state index in [9.17, 15) is 18.0 Å². The fourth-order valence-corrected chi connectivity index (χ4v) is 3.99. The summed E-state index contributed by atoms with van der Waals surface area (Å²) >= 11 is 0. The first kappa shape index (κ1) is 24.6. The van der Waals surface area contributed by atoms with Crippen molar-refractivity contribution in [3.05, 3.63) is 65.4 Å². The average molecular weight is 515 g/mol. The van der Waals surface area contributed by atoms with Crippen LogP contribution >= 0.6 is 0 Å². The molecule has 1 aromatic carbocycles. The molecule has 1 saturated carbocycles. The Labute approximate surface area is 210 Å². The third-order valence-corrected chi connectivity index (χ3v) is 5.81. The Kier molecular flexibility index (Phi) is 6.48. The number of amides is 1. The van der Waals surface area contributed by atoms with Gasteiger partial charge in [-0.05, 0) is 50.5 Å². The molecule has 1 fully saturated rings. The van der Waals surface area contributed by atoms with Crippen molar-refractivity contribution in [2.45, 2.75) is 45.3 Å². The summed E-state index contributed by atoms with van der Waals surface area (Å²) in [5.41, 5.74) is 0.513. The standard InChI is InChI=1S/C25H25F3N6O3/c1-3-36-20-8-5-15(9-21(20)37-4-2)13-33-14-17(12-29-33)30-24(35)19-11-23-31-18(16-6-7-16)10-22(25(26,27)28)34(23)32-19/h5,8-12,14,16H,3-4,6-7,13H2,1-2H3,(H,30,35). The second kappa shape index (κ2) is 9.75. The van der Waals surface area contributed by atoms with Crippen LogP contribution in [-0.2, 0) is 12.7 Å². The first-order valence-electron chi connectivity index (χ1n) is 12.0. The van der Waals surface area contributed by atoms with Crippen LogP contribution in [0.15, 0.2) is 42.7 Å². The first-order chi connectivity index (χ1) is 17.7. The van der Waals surface area contributed by atoms with Crippen LogP contribution < -0.4 is 14.8 Å². The molecule has 12 heteroatoms. The van der Waals surface area contributed by atoms with E-state index in [4.69, 9.17) is 9.47 Å². The van der Waals surface area contributed by atoms with E-state index in [1.54, 1.807) is 10.9 Å². The summed E-state index contributed by atoms with van der Waals surface area (Å²) in [4.78, 5) is 17.1. The quantitative estimate of drug-likeness (QED) is 0.341. The number of halogens is 3. The monoisotopic (exact) mass is 514 g/mol. The van der Waals surface area contributed by atoms with Gasteiger partial charge in [0, 0.05) is 23.9 Å². The number of nitrogens with one attached hydrogen (secondary N) is 1. The number of carbonyl (C=O) groups excluding carboxylic acids is 1. The number of benzene rings is 1. The van der Waals surface area contributed by atoms with E-state index in [0.717, 1.165) is 24.5 Å². The van der Waals surface area contributed by atoms with Crippen molar-refractivity contribution in [1.82, 2.24) is 24.4 Å². The zero-order valence-corrected chi connectivity index (χ0v) is 20.2. The van der Waals surface area contributed by atoms with Gasteiger partial charge in [-0.25, -0.2) is 9.50 Å². The lowest BCUT2D eigenvalue weighted by atomic mass is 10.2. The normalized spacial score (nSPS) is 13.6. The van der Waals surface area contributed by atoms with Crippen molar-refractivity contribution in [3.8, 4) is 11.5 Å². The average Bonchev–Trinajstić information content (AvgIpc) is 3.46. The Morgan fingerprint density at radius 1 is 1.11 bits per heavy atom. The SMILES string of the molecule is CCOc1ccc(Cn2cc(NC(=O)c3cc4nc(C5CC5)cc(C(F)(F)F)n4n3)cn2)cc1OCC. The lowest BCUT2D eigenvalue weighted by Gasteiger charge is -2.12. The molecule has 194 valence electrons. The number of hydrogen-bond acceptors (Lipinski definition) is 6. The summed E-state index contributed by atoms with van der Waals surface area (Å²) in [5.74, 6) is 0.641. The van der Waals surface area contributed by atoms with E-state index in [1.807, 2.05) is 32.0 Å². The maximum Gasteiger partial charge on any atom is 0.433 e. The van der Waals surface area contributed by atoms with Crippen LogP contribution in [0.3, 0.4) is 0 Å². The molecule has 1 aliphatic rings. The third-order valence-electron chi connectivity index (χ3n) is 5.81. The summed E-state index contributed by atoms with van der Waals surface area (Å²) < 4.78 is 54.4. The van der Waals surface area contributed by atoms with Crippen molar-refractivity contribution in [1.29, 1.82) is 0 Å². The predicted molar refractivity (Wildman–Crippen MR) is 128 cm³/mol. The molecular weight excluding hydrogens is 489 g/mol. The van der Waals surface area contributed by atoms with Crippen LogP contribution in [0.2, 0.25) is 0 Å². The molecule has 3 heterocycles. The van der Waals surface area contributed by atoms with Gasteiger partial charge >= 0.3 is 6.18 Å². The molecule has 0 aliphatic heterocycles. The number of ether oxygens (including phenoxy) is 2. The van der Waals surface area contributed by atoms with Gasteiger partial charge in [0.2, 0.25) is 0 Å². The Bertz CT molecular complexity index is 1440. The Hall–Kier alpha value is -4.09. The molecule has 5 rings (SSSR count). The minimum atomic E-state index is -4.63. The number of nitrogens with zero attached hydrogens (tertiary/aromatic N) is 5. The summed E-state index contributed by atoms with van der Waals surface area (Å²) in [6, 6.07) is 7.87. The summed E-state index contributed by atoms with van der Waals surface area (Å²) in [7, 11) is 0. The Morgan fingerprint density at radius 3 is 2.57 bits per heavy atom. The largest absolute Gasteiger partial charge is 0.490 e. The molecule has 0 saturated heterocycles. The molecule has 0 radical (unpaired) electrons. The van der Waals surface area contributed by atoms with Gasteiger partial charge in [-0.1, -0.05) is 6.07 Å². The predicted octanol–water partition coefficient (Wildman–Crippen LogP) is 4.92. The molecule has 37 heavy (non-hydrogen) atoms. The van der Waals surface area contributed by atoms with Crippen LogP contribution in [0.25, 0.3) is 5.65 Å². The van der Waals surface area contributed by atoms with E-state index in [1.165, 1.54) is 12.3 Å². The molecule has 0 atom stereocenters. The van der Waals surface area contributed by atoms with Crippen molar-refractivity contribution < 1.29 is 27.4 Å². The minimum Gasteiger partial charge on any atom is -0.490 e. The third kappa shape index (κ3) is 5.37. The lowest BCUT2D eigenvalue weighted by molar-refractivity contribution is -0.142. The highest BCUT2D eigenvalue weighted by atomic mass is 19.4. The summed E-state index contributed by atoms with van der Waals surface area (Å²) in [6.07, 6.45) is 0.0467. The molecule has 1 aliphatic carbocycles. The van der Waals surface area contributed by atoms with Crippen LogP contribution in [0.1, 0.15) is 60.0 Å². The maximum absolute atomic E-state index is 13.6. The first-order valence-corrected chi connectivity index (χ1v) is 12.0. The van der Waals surface area contributed by atoms with Gasteiger partial charge in [0.25, 0.3) is 5.91 Å². The van der Waals surface area contributed by atoms with Crippen LogP contribution in [-0.4, -0.2) is 43.5 Å². The Balaban J connectivity index is 1.32. The van der Waals surface area contributed by atoms with E-state index in [-0.39, 0.29) is 17.3 Å². The second-order valence-electron chi connectivity index (χ2n) is 8.67. The second-order valence-corrected chi connectivity index (χ2v) is 8.67. The zero-order chi connectivity index (χ0) is 26.2. The summed E-state index contributed by atoms with van der Waals surface area (Å²) in [5, 5.41) is 10.8. The van der Waals surface area contributed by atoms with Crippen molar-refractivity contribution in [3.63, 3.8) is 0 Å². The number of alkyl halides is 3. The van der Waals surface area contributed by atoms with Gasteiger partial charge in [0.15, 0.2) is 22.8 Å². The highest BCUT2D eigenvalue weighted by molar-refractivity contribution is 6.03. The van der Waals surface area contributed by atoms with Gasteiger partial charge in [-0.15, -0.1) is 0 Å². The van der Waals surface area contributed by atoms with Crippen molar-refractivity contribution in [2.75, 3.05) is 18.5 Å². The number of aromatic nitrogens is 5. The molecular formula is C25H25F3N6O3. The van der Waals surface area contributed by atoms with Crippen LogP contribution in [0.5, 0.6) is 11.5 Å². The van der Waals surface area contributed by atoms with E-state index in [2.05, 4.69) is 20.5 Å². The molecule has 3 aromatic heterocycles. The molecule has 4 aromatic rings. The smallest absolute Gasteiger partial charge is 0.433 e. The van der Waals surface area contributed by atoms with Crippen molar-refractivity contribution in [2.24, 2.45) is 0 Å². The number of rotatable bonds is 9. The maximum atomic E-state index is 13.6. The van der Waals surface area contributed by atoms with Gasteiger partial charge < -0.3 is 14.8 Å². The van der Waals surface area contributed by atoms with E-state index < -0.39 is 17.8 Å². The fourth-order valence-electron chi connectivity index (χ4n) is 3.99. The molecule has 0 spiro atoms. The van der Waals surface area contributed by atoms with E-state index >= 15 is 0 Å². The lowest BCUT2D eigenvalue weighted by Crippen LogP contribution is -2.16. The zero-order valence-electron chi connectivity index (χ0n) is 20.2. The van der Waals surface area contributed by atoms with Gasteiger partial charge in [-0.2, -0.15) is 23.4 Å². The number of anilines is 1. The minimum absolute atomic E-state index is 0.0156.